The fourth-order valence-corrected chi connectivity index (χ4v) is 4.43. The summed E-state index contributed by atoms with van der Waals surface area (Å²) in [6.45, 7) is 0.491. The van der Waals surface area contributed by atoms with Gasteiger partial charge in [0.15, 0.2) is 11.0 Å². The van der Waals surface area contributed by atoms with Crippen LogP contribution in [-0.2, 0) is 11.3 Å². The van der Waals surface area contributed by atoms with Crippen molar-refractivity contribution < 1.29 is 9.21 Å². The number of thioether (sulfide) groups is 1. The Morgan fingerprint density at radius 3 is 2.69 bits per heavy atom. The predicted octanol–water partition coefficient (Wildman–Crippen LogP) is 4.78. The summed E-state index contributed by atoms with van der Waals surface area (Å²) in [5.74, 6) is 1.87. The number of hydrogen-bond donors (Lipinski definition) is 1. The third kappa shape index (κ3) is 5.22. The van der Waals surface area contributed by atoms with Crippen LogP contribution in [0.25, 0.3) is 11.4 Å². The molecule has 4 rings (SSSR count). The molecule has 3 aromatic rings. The minimum Gasteiger partial charge on any atom is -0.467 e. The van der Waals surface area contributed by atoms with Crippen molar-refractivity contribution in [2.24, 2.45) is 0 Å². The number of furan rings is 1. The molecule has 8 heteroatoms. The first-order valence-electron chi connectivity index (χ1n) is 9.83. The van der Waals surface area contributed by atoms with Crippen LogP contribution in [-0.4, -0.2) is 32.5 Å². The Balaban J connectivity index is 1.49. The van der Waals surface area contributed by atoms with E-state index in [1.165, 1.54) is 31.0 Å². The van der Waals surface area contributed by atoms with Gasteiger partial charge in [-0.25, -0.2) is 0 Å². The van der Waals surface area contributed by atoms with Crippen LogP contribution >= 0.6 is 23.4 Å². The average Bonchev–Trinajstić information content (AvgIpc) is 3.38. The summed E-state index contributed by atoms with van der Waals surface area (Å²) >= 11 is 7.41. The van der Waals surface area contributed by atoms with E-state index in [4.69, 9.17) is 16.0 Å². The summed E-state index contributed by atoms with van der Waals surface area (Å²) in [7, 11) is 0. The molecular weight excluding hydrogens is 408 g/mol. The van der Waals surface area contributed by atoms with Gasteiger partial charge < -0.3 is 9.73 Å². The van der Waals surface area contributed by atoms with Gasteiger partial charge in [-0.05, 0) is 49.2 Å². The van der Waals surface area contributed by atoms with Crippen molar-refractivity contribution in [2.45, 2.75) is 49.8 Å². The number of nitrogens with one attached hydrogen (secondary N) is 1. The second-order valence-corrected chi connectivity index (χ2v) is 8.55. The van der Waals surface area contributed by atoms with E-state index in [1.54, 1.807) is 6.26 Å². The Kier molecular flexibility index (Phi) is 6.56. The third-order valence-electron chi connectivity index (χ3n) is 5.02. The molecule has 2 aromatic heterocycles. The second-order valence-electron chi connectivity index (χ2n) is 7.17. The van der Waals surface area contributed by atoms with Crippen molar-refractivity contribution in [2.75, 3.05) is 5.75 Å². The van der Waals surface area contributed by atoms with Crippen molar-refractivity contribution in [3.63, 3.8) is 0 Å². The maximum absolute atomic E-state index is 12.4. The molecule has 6 nitrogen and oxygen atoms in total. The normalized spacial score (nSPS) is 14.8. The van der Waals surface area contributed by atoms with Gasteiger partial charge >= 0.3 is 0 Å². The molecule has 0 unspecified atom stereocenters. The maximum Gasteiger partial charge on any atom is 0.230 e. The summed E-state index contributed by atoms with van der Waals surface area (Å²) in [4.78, 5) is 12.4. The fraction of sp³-hybridized carbons (Fsp3) is 0.381. The van der Waals surface area contributed by atoms with Crippen LogP contribution < -0.4 is 5.32 Å². The zero-order valence-corrected chi connectivity index (χ0v) is 17.6. The smallest absolute Gasteiger partial charge is 0.230 e. The van der Waals surface area contributed by atoms with Gasteiger partial charge in [0.25, 0.3) is 0 Å². The first-order valence-corrected chi connectivity index (χ1v) is 11.2. The predicted molar refractivity (Wildman–Crippen MR) is 114 cm³/mol. The Hall–Kier alpha value is -2.25. The van der Waals surface area contributed by atoms with E-state index in [0.717, 1.165) is 24.2 Å². The minimum absolute atomic E-state index is 0.0440. The Morgan fingerprint density at radius 2 is 1.97 bits per heavy atom. The molecule has 1 N–H and O–H groups in total. The van der Waals surface area contributed by atoms with Gasteiger partial charge in [-0.15, -0.1) is 10.2 Å². The molecule has 0 aliphatic heterocycles. The molecule has 1 aliphatic rings. The largest absolute Gasteiger partial charge is 0.467 e. The number of carbonyl (C=O) groups excluding carboxylic acids is 1. The average molecular weight is 431 g/mol. The molecule has 1 aromatic carbocycles. The van der Waals surface area contributed by atoms with Crippen molar-refractivity contribution in [1.82, 2.24) is 20.1 Å². The molecule has 1 aliphatic carbocycles. The minimum atomic E-state index is 0.0440. The van der Waals surface area contributed by atoms with E-state index < -0.39 is 0 Å². The standard InChI is InChI=1S/C21H23ClN4O2S/c22-16-10-8-15(9-11-16)20-24-25-21(26(20)13-18-7-4-12-28-18)29-14-19(27)23-17-5-2-1-3-6-17/h4,7-12,17H,1-3,5-6,13-14H2,(H,23,27). The molecular formula is C21H23ClN4O2S. The molecule has 1 fully saturated rings. The van der Waals surface area contributed by atoms with Crippen LogP contribution in [0.2, 0.25) is 5.02 Å². The van der Waals surface area contributed by atoms with Gasteiger partial charge in [0.2, 0.25) is 5.91 Å². The SMILES string of the molecule is O=C(CSc1nnc(-c2ccc(Cl)cc2)n1Cc1ccco1)NC1CCCCC1. The fourth-order valence-electron chi connectivity index (χ4n) is 3.56. The van der Waals surface area contributed by atoms with E-state index in [1.807, 2.05) is 41.0 Å². The summed E-state index contributed by atoms with van der Waals surface area (Å²) in [6.07, 6.45) is 7.45. The van der Waals surface area contributed by atoms with Crippen LogP contribution in [0.5, 0.6) is 0 Å². The molecule has 0 saturated heterocycles. The Bertz CT molecular complexity index is 934. The molecule has 0 spiro atoms. The Morgan fingerprint density at radius 1 is 1.17 bits per heavy atom. The van der Waals surface area contributed by atoms with Crippen LogP contribution in [0.15, 0.2) is 52.2 Å². The summed E-state index contributed by atoms with van der Waals surface area (Å²) < 4.78 is 7.48. The van der Waals surface area contributed by atoms with Gasteiger partial charge in [-0.1, -0.05) is 42.6 Å². The number of carbonyl (C=O) groups is 1. The highest BCUT2D eigenvalue weighted by molar-refractivity contribution is 7.99. The van der Waals surface area contributed by atoms with E-state index >= 15 is 0 Å². The number of benzene rings is 1. The van der Waals surface area contributed by atoms with Crippen LogP contribution in [0.4, 0.5) is 0 Å². The van der Waals surface area contributed by atoms with E-state index in [0.29, 0.717) is 34.3 Å². The number of nitrogens with zero attached hydrogens (tertiary/aromatic N) is 3. The lowest BCUT2D eigenvalue weighted by atomic mass is 9.95. The van der Waals surface area contributed by atoms with Crippen molar-refractivity contribution >= 4 is 29.3 Å². The second kappa shape index (κ2) is 9.50. The van der Waals surface area contributed by atoms with Crippen LogP contribution in [0, 0.1) is 0 Å². The maximum atomic E-state index is 12.4. The van der Waals surface area contributed by atoms with Crippen molar-refractivity contribution in [3.8, 4) is 11.4 Å². The molecule has 1 amide bonds. The summed E-state index contributed by atoms with van der Waals surface area (Å²) in [5.41, 5.74) is 0.909. The van der Waals surface area contributed by atoms with Crippen LogP contribution in [0.1, 0.15) is 37.9 Å². The first kappa shape index (κ1) is 20.0. The summed E-state index contributed by atoms with van der Waals surface area (Å²) in [6, 6.07) is 11.6. The molecule has 0 atom stereocenters. The molecule has 0 bridgehead atoms. The molecule has 29 heavy (non-hydrogen) atoms. The van der Waals surface area contributed by atoms with E-state index in [2.05, 4.69) is 15.5 Å². The number of amides is 1. The number of hydrogen-bond acceptors (Lipinski definition) is 5. The molecule has 0 radical (unpaired) electrons. The number of rotatable bonds is 7. The highest BCUT2D eigenvalue weighted by atomic mass is 35.5. The Labute approximate surface area is 179 Å². The molecule has 2 heterocycles. The van der Waals surface area contributed by atoms with Gasteiger partial charge in [0.1, 0.15) is 5.76 Å². The van der Waals surface area contributed by atoms with Gasteiger partial charge in [0, 0.05) is 16.6 Å². The number of aromatic nitrogens is 3. The third-order valence-corrected chi connectivity index (χ3v) is 6.23. The molecule has 152 valence electrons. The van der Waals surface area contributed by atoms with Crippen molar-refractivity contribution in [1.29, 1.82) is 0 Å². The zero-order chi connectivity index (χ0) is 20.1. The van der Waals surface area contributed by atoms with Gasteiger partial charge in [-0.3, -0.25) is 9.36 Å². The van der Waals surface area contributed by atoms with Crippen molar-refractivity contribution in [3.05, 3.63) is 53.4 Å². The van der Waals surface area contributed by atoms with Gasteiger partial charge in [0.05, 0.1) is 18.6 Å². The highest BCUT2D eigenvalue weighted by Crippen LogP contribution is 2.26. The molecule has 1 saturated carbocycles. The summed E-state index contributed by atoms with van der Waals surface area (Å²) in [5, 5.41) is 13.2. The van der Waals surface area contributed by atoms with E-state index in [9.17, 15) is 4.79 Å². The van der Waals surface area contributed by atoms with Gasteiger partial charge in [-0.2, -0.15) is 0 Å². The zero-order valence-electron chi connectivity index (χ0n) is 16.0. The van der Waals surface area contributed by atoms with E-state index in [-0.39, 0.29) is 5.91 Å². The number of halogens is 1. The quantitative estimate of drug-likeness (QED) is 0.546. The monoisotopic (exact) mass is 430 g/mol. The lowest BCUT2D eigenvalue weighted by molar-refractivity contribution is -0.119. The first-order chi connectivity index (χ1) is 14.2. The lowest BCUT2D eigenvalue weighted by Crippen LogP contribution is -2.37. The van der Waals surface area contributed by atoms with Crippen LogP contribution in [0.3, 0.4) is 0 Å². The lowest BCUT2D eigenvalue weighted by Gasteiger charge is -2.22. The highest BCUT2D eigenvalue weighted by Gasteiger charge is 2.19. The topological polar surface area (TPSA) is 73.0 Å².